The van der Waals surface area contributed by atoms with Gasteiger partial charge in [-0.3, -0.25) is 4.40 Å². The number of aromatic nitrogens is 4. The van der Waals surface area contributed by atoms with Crippen LogP contribution in [0.4, 0.5) is 0 Å². The van der Waals surface area contributed by atoms with E-state index in [0.717, 1.165) is 0 Å². The summed E-state index contributed by atoms with van der Waals surface area (Å²) in [6, 6.07) is 1.83. The highest BCUT2D eigenvalue weighted by Gasteiger charge is 1.88. The van der Waals surface area contributed by atoms with E-state index in [1.165, 1.54) is 0 Å². The van der Waals surface area contributed by atoms with E-state index in [9.17, 15) is 0 Å². The molecule has 0 aliphatic heterocycles. The van der Waals surface area contributed by atoms with Crippen LogP contribution < -0.4 is 0 Å². The first-order valence-corrected chi connectivity index (χ1v) is 3.57. The lowest BCUT2D eigenvalue weighted by Gasteiger charge is -1.83. The monoisotopic (exact) mass is 150 g/mol. The summed E-state index contributed by atoms with van der Waals surface area (Å²) in [7, 11) is 0. The Hall–Kier alpha value is -1.45. The van der Waals surface area contributed by atoms with Gasteiger partial charge in [-0.1, -0.05) is 13.8 Å². The van der Waals surface area contributed by atoms with Crippen LogP contribution in [0.25, 0.3) is 5.78 Å². The Bertz CT molecular complexity index is 284. The van der Waals surface area contributed by atoms with Gasteiger partial charge >= 0.3 is 0 Å². The van der Waals surface area contributed by atoms with Gasteiger partial charge in [0.2, 0.25) is 0 Å². The Balaban J connectivity index is 0.000000281. The van der Waals surface area contributed by atoms with E-state index in [1.807, 2.05) is 26.1 Å². The van der Waals surface area contributed by atoms with E-state index in [2.05, 4.69) is 15.2 Å². The highest BCUT2D eigenvalue weighted by Crippen LogP contribution is 1.88. The lowest BCUT2D eigenvalue weighted by Crippen LogP contribution is -1.82. The largest absolute Gasteiger partial charge is 0.273 e. The molecule has 11 heavy (non-hydrogen) atoms. The van der Waals surface area contributed by atoms with E-state index >= 15 is 0 Å². The molecule has 0 saturated heterocycles. The van der Waals surface area contributed by atoms with Crippen molar-refractivity contribution in [1.29, 1.82) is 0 Å². The summed E-state index contributed by atoms with van der Waals surface area (Å²) >= 11 is 0. The van der Waals surface area contributed by atoms with Gasteiger partial charge in [0.25, 0.3) is 5.78 Å². The van der Waals surface area contributed by atoms with Gasteiger partial charge in [0, 0.05) is 12.4 Å². The van der Waals surface area contributed by atoms with E-state index in [0.29, 0.717) is 5.78 Å². The third kappa shape index (κ3) is 1.52. The van der Waals surface area contributed by atoms with Crippen molar-refractivity contribution in [1.82, 2.24) is 19.6 Å². The molecule has 0 unspecified atom stereocenters. The van der Waals surface area contributed by atoms with Gasteiger partial charge in [-0.15, -0.1) is 10.2 Å². The fourth-order valence-corrected chi connectivity index (χ4v) is 0.675. The average molecular weight is 150 g/mol. The van der Waals surface area contributed by atoms with Crippen LogP contribution in [0.15, 0.2) is 24.8 Å². The molecule has 0 atom stereocenters. The Morgan fingerprint density at radius 2 is 2.18 bits per heavy atom. The normalized spacial score (nSPS) is 8.91. The average Bonchev–Trinajstić information content (AvgIpc) is 2.55. The maximum Gasteiger partial charge on any atom is 0.254 e. The number of rotatable bonds is 0. The molecule has 2 heterocycles. The minimum atomic E-state index is 0.637. The number of hydrogen-bond acceptors (Lipinski definition) is 3. The summed E-state index contributed by atoms with van der Waals surface area (Å²) in [6.45, 7) is 4.00. The third-order valence-electron chi connectivity index (χ3n) is 1.08. The molecule has 2 aromatic heterocycles. The van der Waals surface area contributed by atoms with Crippen molar-refractivity contribution >= 4 is 5.78 Å². The molecule has 4 heteroatoms. The Morgan fingerprint density at radius 1 is 1.36 bits per heavy atom. The number of nitrogens with zero attached hydrogens (tertiary/aromatic N) is 4. The molecule has 0 spiro atoms. The molecule has 2 rings (SSSR count). The standard InChI is InChI=1S/C5H4N4.C2H6/c1-2-6-5-8-7-4-9(5)3-1;1-2/h1-4H;1-2H3. The first-order valence-electron chi connectivity index (χ1n) is 3.57. The van der Waals surface area contributed by atoms with E-state index in [-0.39, 0.29) is 0 Å². The first kappa shape index (κ1) is 7.65. The maximum absolute atomic E-state index is 3.93. The summed E-state index contributed by atoms with van der Waals surface area (Å²) in [6.07, 6.45) is 5.15. The van der Waals surface area contributed by atoms with Crippen molar-refractivity contribution in [2.24, 2.45) is 0 Å². The SMILES string of the molecule is CC.c1cnc2nncn2c1. The highest BCUT2D eigenvalue weighted by atomic mass is 15.3. The molecule has 0 fully saturated rings. The third-order valence-corrected chi connectivity index (χ3v) is 1.08. The summed E-state index contributed by atoms with van der Waals surface area (Å²) in [4.78, 5) is 3.93. The minimum absolute atomic E-state index is 0.637. The zero-order chi connectivity index (χ0) is 8.10. The van der Waals surface area contributed by atoms with Gasteiger partial charge in [-0.05, 0) is 6.07 Å². The highest BCUT2D eigenvalue weighted by molar-refractivity contribution is 5.22. The van der Waals surface area contributed by atoms with Crippen molar-refractivity contribution in [3.05, 3.63) is 24.8 Å². The minimum Gasteiger partial charge on any atom is -0.273 e. The Morgan fingerprint density at radius 3 is 2.91 bits per heavy atom. The van der Waals surface area contributed by atoms with Gasteiger partial charge in [-0.2, -0.15) is 0 Å². The van der Waals surface area contributed by atoms with Gasteiger partial charge in [0.05, 0.1) is 0 Å². The smallest absolute Gasteiger partial charge is 0.254 e. The molecular formula is C7H10N4. The van der Waals surface area contributed by atoms with Crippen LogP contribution in [-0.4, -0.2) is 19.6 Å². The molecule has 0 radical (unpaired) electrons. The molecule has 0 amide bonds. The first-order chi connectivity index (χ1) is 5.47. The summed E-state index contributed by atoms with van der Waals surface area (Å²) in [5, 5.41) is 7.37. The zero-order valence-corrected chi connectivity index (χ0v) is 6.60. The fraction of sp³-hybridized carbons (Fsp3) is 0.286. The molecule has 4 nitrogen and oxygen atoms in total. The van der Waals surface area contributed by atoms with Crippen LogP contribution >= 0.6 is 0 Å². The van der Waals surface area contributed by atoms with Crippen LogP contribution in [0, 0.1) is 0 Å². The predicted octanol–water partition coefficient (Wildman–Crippen LogP) is 1.15. The van der Waals surface area contributed by atoms with E-state index in [1.54, 1.807) is 16.9 Å². The van der Waals surface area contributed by atoms with Gasteiger partial charge in [0.15, 0.2) is 0 Å². The fourth-order valence-electron chi connectivity index (χ4n) is 0.675. The van der Waals surface area contributed by atoms with Crippen LogP contribution in [0.2, 0.25) is 0 Å². The number of fused-ring (bicyclic) bond motifs is 1. The molecular weight excluding hydrogens is 140 g/mol. The molecule has 0 bridgehead atoms. The van der Waals surface area contributed by atoms with Crippen molar-refractivity contribution in [2.75, 3.05) is 0 Å². The zero-order valence-electron chi connectivity index (χ0n) is 6.60. The topological polar surface area (TPSA) is 43.1 Å². The van der Waals surface area contributed by atoms with E-state index < -0.39 is 0 Å². The Labute approximate surface area is 64.9 Å². The molecule has 0 N–H and O–H groups in total. The molecule has 0 saturated carbocycles. The summed E-state index contributed by atoms with van der Waals surface area (Å²) in [5.74, 6) is 0.637. The molecule has 58 valence electrons. The second-order valence-electron chi connectivity index (χ2n) is 1.66. The van der Waals surface area contributed by atoms with Crippen LogP contribution in [0.1, 0.15) is 13.8 Å². The van der Waals surface area contributed by atoms with Crippen molar-refractivity contribution in [3.63, 3.8) is 0 Å². The molecule has 0 aliphatic carbocycles. The second kappa shape index (κ2) is 3.65. The van der Waals surface area contributed by atoms with Gasteiger partial charge in [-0.25, -0.2) is 4.98 Å². The quantitative estimate of drug-likeness (QED) is 0.565. The van der Waals surface area contributed by atoms with Crippen LogP contribution in [-0.2, 0) is 0 Å². The van der Waals surface area contributed by atoms with Crippen LogP contribution in [0.3, 0.4) is 0 Å². The van der Waals surface area contributed by atoms with Gasteiger partial charge in [0.1, 0.15) is 6.33 Å². The Kier molecular flexibility index (Phi) is 2.54. The van der Waals surface area contributed by atoms with Crippen molar-refractivity contribution < 1.29 is 0 Å². The van der Waals surface area contributed by atoms with Gasteiger partial charge < -0.3 is 0 Å². The molecule has 0 aromatic carbocycles. The summed E-state index contributed by atoms with van der Waals surface area (Å²) < 4.78 is 1.75. The van der Waals surface area contributed by atoms with Crippen molar-refractivity contribution in [3.8, 4) is 0 Å². The lowest BCUT2D eigenvalue weighted by atomic mass is 10.7. The molecule has 2 aromatic rings. The lowest BCUT2D eigenvalue weighted by molar-refractivity contribution is 1.10. The summed E-state index contributed by atoms with van der Waals surface area (Å²) in [5.41, 5.74) is 0. The number of hydrogen-bond donors (Lipinski definition) is 0. The second-order valence-corrected chi connectivity index (χ2v) is 1.66. The predicted molar refractivity (Wildman–Crippen MR) is 42.1 cm³/mol. The maximum atomic E-state index is 3.93. The van der Waals surface area contributed by atoms with E-state index in [4.69, 9.17) is 0 Å². The van der Waals surface area contributed by atoms with Crippen molar-refractivity contribution in [2.45, 2.75) is 13.8 Å². The van der Waals surface area contributed by atoms with Crippen LogP contribution in [0.5, 0.6) is 0 Å². The molecule has 0 aliphatic rings.